The van der Waals surface area contributed by atoms with Crippen LogP contribution in [-0.2, 0) is 0 Å². The van der Waals surface area contributed by atoms with E-state index in [1.807, 2.05) is 13.0 Å². The summed E-state index contributed by atoms with van der Waals surface area (Å²) in [5, 5.41) is 14.9. The van der Waals surface area contributed by atoms with Crippen LogP contribution in [0.4, 0.5) is 11.4 Å². The maximum atomic E-state index is 12.8. The van der Waals surface area contributed by atoms with Crippen molar-refractivity contribution in [2.24, 2.45) is 0 Å². The third-order valence-electron chi connectivity index (χ3n) is 3.46. The summed E-state index contributed by atoms with van der Waals surface area (Å²) in [5.41, 5.74) is -0.0602. The fourth-order valence-corrected chi connectivity index (χ4v) is 2.55. The Morgan fingerprint density at radius 1 is 1.22 bits per heavy atom. The molecule has 3 aromatic rings. The largest absolute Gasteiger partial charge is 0.379 e. The number of fused-ring (bicyclic) bond motifs is 1. The first-order valence-corrected chi connectivity index (χ1v) is 7.12. The van der Waals surface area contributed by atoms with E-state index >= 15 is 0 Å². The highest BCUT2D eigenvalue weighted by atomic mass is 16.6. The van der Waals surface area contributed by atoms with Crippen LogP contribution >= 0.6 is 0 Å². The monoisotopic (exact) mass is 310 g/mol. The fourth-order valence-electron chi connectivity index (χ4n) is 2.55. The van der Waals surface area contributed by atoms with Gasteiger partial charge in [0.25, 0.3) is 0 Å². The maximum absolute atomic E-state index is 12.8. The topological polar surface area (TPSA) is 90.1 Å². The van der Waals surface area contributed by atoms with Crippen molar-refractivity contribution in [2.75, 3.05) is 11.9 Å². The number of nitro groups is 1. The molecule has 0 amide bonds. The number of benzene rings is 1. The minimum absolute atomic E-state index is 0.206. The van der Waals surface area contributed by atoms with Crippen LogP contribution in [0.2, 0.25) is 0 Å². The molecule has 0 radical (unpaired) electrons. The smallest absolute Gasteiger partial charge is 0.358 e. The standard InChI is InChI=1S/C16H14N4O3/c1-2-17-13-12-9-6-10-18-15(12)19(11-7-4-3-5-8-11)16(21)14(13)20(22)23/h3-10,17H,2H2,1H3. The van der Waals surface area contributed by atoms with E-state index in [0.717, 1.165) is 0 Å². The van der Waals surface area contributed by atoms with Gasteiger partial charge in [0.2, 0.25) is 0 Å². The van der Waals surface area contributed by atoms with Crippen molar-refractivity contribution < 1.29 is 4.92 Å². The van der Waals surface area contributed by atoms with Gasteiger partial charge in [-0.25, -0.2) is 4.98 Å². The quantitative estimate of drug-likeness (QED) is 0.591. The molecule has 3 rings (SSSR count). The minimum Gasteiger partial charge on any atom is -0.379 e. The van der Waals surface area contributed by atoms with Crippen LogP contribution in [-0.4, -0.2) is 21.0 Å². The summed E-state index contributed by atoms with van der Waals surface area (Å²) in [6.45, 7) is 2.27. The van der Waals surface area contributed by atoms with Crippen molar-refractivity contribution in [1.29, 1.82) is 0 Å². The molecule has 1 aromatic carbocycles. The van der Waals surface area contributed by atoms with Crippen LogP contribution in [0.3, 0.4) is 0 Å². The Morgan fingerprint density at radius 3 is 2.61 bits per heavy atom. The van der Waals surface area contributed by atoms with Gasteiger partial charge in [-0.2, -0.15) is 0 Å². The van der Waals surface area contributed by atoms with Gasteiger partial charge in [-0.05, 0) is 31.2 Å². The van der Waals surface area contributed by atoms with E-state index in [1.54, 1.807) is 42.6 Å². The van der Waals surface area contributed by atoms with Crippen LogP contribution in [0.1, 0.15) is 6.92 Å². The molecule has 7 heteroatoms. The lowest BCUT2D eigenvalue weighted by Crippen LogP contribution is -2.24. The Morgan fingerprint density at radius 2 is 1.96 bits per heavy atom. The number of anilines is 1. The Hall–Kier alpha value is -3.22. The molecule has 0 unspecified atom stereocenters. The first-order chi connectivity index (χ1) is 11.1. The molecule has 7 nitrogen and oxygen atoms in total. The first-order valence-electron chi connectivity index (χ1n) is 7.12. The number of rotatable bonds is 4. The van der Waals surface area contributed by atoms with E-state index in [1.165, 1.54) is 4.57 Å². The summed E-state index contributed by atoms with van der Waals surface area (Å²) in [7, 11) is 0. The molecule has 0 spiro atoms. The van der Waals surface area contributed by atoms with Crippen molar-refractivity contribution in [2.45, 2.75) is 6.92 Å². The van der Waals surface area contributed by atoms with Crippen LogP contribution in [0, 0.1) is 10.1 Å². The van der Waals surface area contributed by atoms with Gasteiger partial charge in [0, 0.05) is 18.1 Å². The minimum atomic E-state index is -0.705. The molecule has 0 saturated carbocycles. The molecule has 1 N–H and O–H groups in total. The van der Waals surface area contributed by atoms with E-state index in [9.17, 15) is 14.9 Å². The summed E-state index contributed by atoms with van der Waals surface area (Å²) in [5.74, 6) is 0. The SMILES string of the molecule is CCNc1c([N+](=O)[O-])c(=O)n(-c2ccccc2)c2ncccc12. The normalized spacial score (nSPS) is 10.7. The second-order valence-corrected chi connectivity index (χ2v) is 4.86. The second kappa shape index (κ2) is 5.88. The van der Waals surface area contributed by atoms with Crippen molar-refractivity contribution in [3.05, 3.63) is 69.1 Å². The zero-order valence-corrected chi connectivity index (χ0v) is 12.4. The molecule has 0 aliphatic heterocycles. The van der Waals surface area contributed by atoms with Gasteiger partial charge in [-0.1, -0.05) is 18.2 Å². The summed E-state index contributed by atoms with van der Waals surface area (Å²) in [6, 6.07) is 12.2. The molecule has 116 valence electrons. The molecule has 23 heavy (non-hydrogen) atoms. The molecule has 0 saturated heterocycles. The van der Waals surface area contributed by atoms with Crippen molar-refractivity contribution >= 4 is 22.4 Å². The molecule has 0 aliphatic carbocycles. The van der Waals surface area contributed by atoms with E-state index in [2.05, 4.69) is 10.3 Å². The Labute approximate surface area is 131 Å². The van der Waals surface area contributed by atoms with E-state index < -0.39 is 16.2 Å². The van der Waals surface area contributed by atoms with Gasteiger partial charge in [0.1, 0.15) is 11.3 Å². The maximum Gasteiger partial charge on any atom is 0.358 e. The molecular formula is C16H14N4O3. The predicted octanol–water partition coefficient (Wildman–Crippen LogP) is 2.73. The van der Waals surface area contributed by atoms with E-state index in [-0.39, 0.29) is 5.69 Å². The molecular weight excluding hydrogens is 296 g/mol. The number of hydrogen-bond acceptors (Lipinski definition) is 5. The highest BCUT2D eigenvalue weighted by Crippen LogP contribution is 2.30. The Balaban J connectivity index is 2.51. The number of pyridine rings is 2. The van der Waals surface area contributed by atoms with Gasteiger partial charge in [-0.3, -0.25) is 19.5 Å². The average molecular weight is 310 g/mol. The number of hydrogen-bond donors (Lipinski definition) is 1. The molecule has 2 aromatic heterocycles. The lowest BCUT2D eigenvalue weighted by molar-refractivity contribution is -0.385. The molecule has 2 heterocycles. The fraction of sp³-hybridized carbons (Fsp3) is 0.125. The second-order valence-electron chi connectivity index (χ2n) is 4.86. The highest BCUT2D eigenvalue weighted by Gasteiger charge is 2.26. The molecule has 0 fully saturated rings. The number of nitrogens with one attached hydrogen (secondary N) is 1. The van der Waals surface area contributed by atoms with Crippen LogP contribution < -0.4 is 10.9 Å². The lowest BCUT2D eigenvalue weighted by Gasteiger charge is -2.13. The number of nitrogens with zero attached hydrogens (tertiary/aromatic N) is 3. The van der Waals surface area contributed by atoms with Crippen molar-refractivity contribution in [3.63, 3.8) is 0 Å². The van der Waals surface area contributed by atoms with Crippen molar-refractivity contribution in [3.8, 4) is 5.69 Å². The third kappa shape index (κ3) is 2.42. The summed E-state index contributed by atoms with van der Waals surface area (Å²) in [4.78, 5) is 27.9. The predicted molar refractivity (Wildman–Crippen MR) is 88.2 cm³/mol. The molecule has 0 atom stereocenters. The average Bonchev–Trinajstić information content (AvgIpc) is 2.56. The first kappa shape index (κ1) is 14.7. The molecule has 0 bridgehead atoms. The van der Waals surface area contributed by atoms with Gasteiger partial charge < -0.3 is 5.32 Å². The summed E-state index contributed by atoms with van der Waals surface area (Å²) < 4.78 is 1.27. The number of aromatic nitrogens is 2. The van der Waals surface area contributed by atoms with Crippen LogP contribution in [0.15, 0.2) is 53.5 Å². The van der Waals surface area contributed by atoms with Gasteiger partial charge in [-0.15, -0.1) is 0 Å². The van der Waals surface area contributed by atoms with Gasteiger partial charge in [0.05, 0.1) is 10.6 Å². The number of para-hydroxylation sites is 1. The molecule has 0 aliphatic rings. The highest BCUT2D eigenvalue weighted by molar-refractivity contribution is 5.94. The third-order valence-corrected chi connectivity index (χ3v) is 3.46. The van der Waals surface area contributed by atoms with Gasteiger partial charge in [0.15, 0.2) is 0 Å². The lowest BCUT2D eigenvalue weighted by atomic mass is 10.2. The van der Waals surface area contributed by atoms with Crippen LogP contribution in [0.25, 0.3) is 16.7 Å². The van der Waals surface area contributed by atoms with Crippen molar-refractivity contribution in [1.82, 2.24) is 9.55 Å². The summed E-state index contributed by atoms with van der Waals surface area (Å²) in [6.07, 6.45) is 1.56. The Bertz CT molecular complexity index is 935. The zero-order valence-electron chi connectivity index (χ0n) is 12.4. The van der Waals surface area contributed by atoms with Crippen LogP contribution in [0.5, 0.6) is 0 Å². The van der Waals surface area contributed by atoms with E-state index in [4.69, 9.17) is 0 Å². The summed E-state index contributed by atoms with van der Waals surface area (Å²) >= 11 is 0. The zero-order chi connectivity index (χ0) is 16.4. The van der Waals surface area contributed by atoms with Gasteiger partial charge >= 0.3 is 11.2 Å². The Kier molecular flexibility index (Phi) is 3.76. The van der Waals surface area contributed by atoms with E-state index in [0.29, 0.717) is 23.3 Å².